The van der Waals surface area contributed by atoms with Crippen molar-refractivity contribution < 1.29 is 9.13 Å². The summed E-state index contributed by atoms with van der Waals surface area (Å²) in [6, 6.07) is 7.61. The van der Waals surface area contributed by atoms with Gasteiger partial charge in [-0.1, -0.05) is 18.2 Å². The molecular weight excluding hydrogens is 195 g/mol. The van der Waals surface area contributed by atoms with E-state index >= 15 is 0 Å². The second kappa shape index (κ2) is 7.20. The normalized spacial score (nSPS) is 10.3. The maximum absolute atomic E-state index is 12.0. The number of rotatable bonds is 7. The summed E-state index contributed by atoms with van der Waals surface area (Å²) in [5, 5.41) is 3.17. The number of benzene rings is 1. The van der Waals surface area contributed by atoms with Crippen molar-refractivity contribution in [3.8, 4) is 5.75 Å². The lowest BCUT2D eigenvalue weighted by molar-refractivity contribution is 0.270. The fraction of sp³-hybridized carbons (Fsp3) is 0.455. The van der Waals surface area contributed by atoms with E-state index in [1.165, 1.54) is 0 Å². The number of hydrogen-bond acceptors (Lipinski definition) is 3. The molecule has 0 radical (unpaired) electrons. The van der Waals surface area contributed by atoms with E-state index in [9.17, 15) is 4.39 Å². The van der Waals surface area contributed by atoms with Crippen LogP contribution in [-0.4, -0.2) is 26.4 Å². The molecule has 0 heterocycles. The Labute approximate surface area is 89.4 Å². The highest BCUT2D eigenvalue weighted by molar-refractivity contribution is 5.33. The largest absolute Gasteiger partial charge is 0.491 e. The SMILES string of the molecule is NCCNCc1ccccc1OCCF. The van der Waals surface area contributed by atoms with Gasteiger partial charge in [-0.25, -0.2) is 4.39 Å². The van der Waals surface area contributed by atoms with Crippen LogP contribution in [0.3, 0.4) is 0 Å². The standard InChI is InChI=1S/C11H17FN2O/c12-5-8-15-11-4-2-1-3-10(11)9-14-7-6-13/h1-4,14H,5-9,13H2. The van der Waals surface area contributed by atoms with Crippen LogP contribution in [0.1, 0.15) is 5.56 Å². The Morgan fingerprint density at radius 3 is 2.87 bits per heavy atom. The van der Waals surface area contributed by atoms with Gasteiger partial charge in [-0.05, 0) is 6.07 Å². The zero-order valence-corrected chi connectivity index (χ0v) is 8.71. The van der Waals surface area contributed by atoms with Gasteiger partial charge >= 0.3 is 0 Å². The van der Waals surface area contributed by atoms with Gasteiger partial charge in [0.2, 0.25) is 0 Å². The van der Waals surface area contributed by atoms with E-state index in [-0.39, 0.29) is 6.61 Å². The van der Waals surface area contributed by atoms with Crippen LogP contribution in [0.15, 0.2) is 24.3 Å². The van der Waals surface area contributed by atoms with Crippen LogP contribution >= 0.6 is 0 Å². The topological polar surface area (TPSA) is 47.3 Å². The molecule has 0 atom stereocenters. The van der Waals surface area contributed by atoms with Crippen LogP contribution in [0.4, 0.5) is 4.39 Å². The smallest absolute Gasteiger partial charge is 0.123 e. The zero-order chi connectivity index (χ0) is 10.9. The van der Waals surface area contributed by atoms with Crippen LogP contribution < -0.4 is 15.8 Å². The third kappa shape index (κ3) is 4.27. The van der Waals surface area contributed by atoms with Crippen molar-refractivity contribution in [2.75, 3.05) is 26.4 Å². The van der Waals surface area contributed by atoms with Crippen molar-refractivity contribution in [2.24, 2.45) is 5.73 Å². The van der Waals surface area contributed by atoms with Gasteiger partial charge in [-0.15, -0.1) is 0 Å². The van der Waals surface area contributed by atoms with Crippen LogP contribution in [-0.2, 0) is 6.54 Å². The minimum absolute atomic E-state index is 0.105. The van der Waals surface area contributed by atoms with E-state index < -0.39 is 6.67 Å². The number of nitrogens with two attached hydrogens (primary N) is 1. The number of alkyl halides is 1. The lowest BCUT2D eigenvalue weighted by Crippen LogP contribution is -2.22. The van der Waals surface area contributed by atoms with Crippen LogP contribution in [0, 0.1) is 0 Å². The Balaban J connectivity index is 2.52. The molecule has 1 aromatic rings. The van der Waals surface area contributed by atoms with Crippen molar-refractivity contribution in [1.82, 2.24) is 5.32 Å². The highest BCUT2D eigenvalue weighted by atomic mass is 19.1. The monoisotopic (exact) mass is 212 g/mol. The van der Waals surface area contributed by atoms with E-state index in [0.717, 1.165) is 17.9 Å². The van der Waals surface area contributed by atoms with Gasteiger partial charge in [0.1, 0.15) is 19.0 Å². The maximum atomic E-state index is 12.0. The quantitative estimate of drug-likeness (QED) is 0.665. The molecule has 0 aliphatic rings. The molecular formula is C11H17FN2O. The molecule has 3 N–H and O–H groups in total. The van der Waals surface area contributed by atoms with E-state index in [4.69, 9.17) is 10.5 Å². The van der Waals surface area contributed by atoms with Gasteiger partial charge in [0, 0.05) is 25.2 Å². The van der Waals surface area contributed by atoms with Crippen molar-refractivity contribution in [3.63, 3.8) is 0 Å². The fourth-order valence-corrected chi connectivity index (χ4v) is 1.26. The lowest BCUT2D eigenvalue weighted by atomic mass is 10.2. The van der Waals surface area contributed by atoms with E-state index in [2.05, 4.69) is 5.32 Å². The number of para-hydroxylation sites is 1. The first-order chi connectivity index (χ1) is 7.38. The molecule has 0 aromatic heterocycles. The first-order valence-corrected chi connectivity index (χ1v) is 5.06. The predicted octanol–water partition coefficient (Wildman–Crippen LogP) is 1.08. The summed E-state index contributed by atoms with van der Waals surface area (Å²) in [6.45, 7) is 1.70. The summed E-state index contributed by atoms with van der Waals surface area (Å²) < 4.78 is 17.2. The Kier molecular flexibility index (Phi) is 5.73. The van der Waals surface area contributed by atoms with E-state index in [1.807, 2.05) is 24.3 Å². The van der Waals surface area contributed by atoms with Gasteiger partial charge in [0.25, 0.3) is 0 Å². The number of hydrogen-bond donors (Lipinski definition) is 2. The molecule has 0 saturated carbocycles. The summed E-state index contributed by atoms with van der Waals surface area (Å²) in [5.74, 6) is 0.736. The third-order valence-electron chi connectivity index (χ3n) is 1.94. The summed E-state index contributed by atoms with van der Waals surface area (Å²) in [4.78, 5) is 0. The number of halogens is 1. The van der Waals surface area contributed by atoms with Gasteiger partial charge in [-0.2, -0.15) is 0 Å². The van der Waals surface area contributed by atoms with Crippen LogP contribution in [0.2, 0.25) is 0 Å². The van der Waals surface area contributed by atoms with Gasteiger partial charge in [0.15, 0.2) is 0 Å². The highest BCUT2D eigenvalue weighted by Crippen LogP contribution is 2.17. The zero-order valence-electron chi connectivity index (χ0n) is 8.71. The van der Waals surface area contributed by atoms with Crippen LogP contribution in [0.5, 0.6) is 5.75 Å². The van der Waals surface area contributed by atoms with Gasteiger partial charge in [0.05, 0.1) is 0 Å². The van der Waals surface area contributed by atoms with Crippen molar-refractivity contribution in [1.29, 1.82) is 0 Å². The molecule has 15 heavy (non-hydrogen) atoms. The molecule has 0 fully saturated rings. The summed E-state index contributed by atoms with van der Waals surface area (Å²) in [7, 11) is 0. The molecule has 0 spiro atoms. The highest BCUT2D eigenvalue weighted by Gasteiger charge is 2.01. The molecule has 0 bridgehead atoms. The third-order valence-corrected chi connectivity index (χ3v) is 1.94. The minimum atomic E-state index is -0.468. The van der Waals surface area contributed by atoms with E-state index in [0.29, 0.717) is 13.1 Å². The second-order valence-electron chi connectivity index (χ2n) is 3.11. The summed E-state index contributed by atoms with van der Waals surface area (Å²) >= 11 is 0. The molecule has 1 aromatic carbocycles. The molecule has 1 rings (SSSR count). The van der Waals surface area contributed by atoms with Crippen molar-refractivity contribution in [3.05, 3.63) is 29.8 Å². The first-order valence-electron chi connectivity index (χ1n) is 5.06. The molecule has 3 nitrogen and oxygen atoms in total. The van der Waals surface area contributed by atoms with E-state index in [1.54, 1.807) is 0 Å². The Bertz CT molecular complexity index is 281. The molecule has 84 valence electrons. The Morgan fingerprint density at radius 1 is 1.33 bits per heavy atom. The fourth-order valence-electron chi connectivity index (χ4n) is 1.26. The summed E-state index contributed by atoms with van der Waals surface area (Å²) in [6.07, 6.45) is 0. The molecule has 0 aliphatic heterocycles. The second-order valence-corrected chi connectivity index (χ2v) is 3.11. The molecule has 0 amide bonds. The maximum Gasteiger partial charge on any atom is 0.123 e. The van der Waals surface area contributed by atoms with Crippen molar-refractivity contribution >= 4 is 0 Å². The summed E-state index contributed by atoms with van der Waals surface area (Å²) in [5.41, 5.74) is 6.39. The number of nitrogens with one attached hydrogen (secondary N) is 1. The average Bonchev–Trinajstić information content (AvgIpc) is 2.28. The first kappa shape index (κ1) is 11.9. The predicted molar refractivity (Wildman–Crippen MR) is 58.7 cm³/mol. The molecule has 0 saturated heterocycles. The molecule has 0 unspecified atom stereocenters. The lowest BCUT2D eigenvalue weighted by Gasteiger charge is -2.10. The molecule has 0 aliphatic carbocycles. The van der Waals surface area contributed by atoms with Gasteiger partial charge < -0.3 is 15.8 Å². The van der Waals surface area contributed by atoms with Gasteiger partial charge in [-0.3, -0.25) is 0 Å². The Morgan fingerprint density at radius 2 is 2.13 bits per heavy atom. The minimum Gasteiger partial charge on any atom is -0.491 e. The number of ether oxygens (including phenoxy) is 1. The Hall–Kier alpha value is -1.13. The van der Waals surface area contributed by atoms with Crippen molar-refractivity contribution in [2.45, 2.75) is 6.54 Å². The molecule has 4 heteroatoms. The average molecular weight is 212 g/mol. The van der Waals surface area contributed by atoms with Crippen LogP contribution in [0.25, 0.3) is 0 Å².